The maximum absolute atomic E-state index is 9.45. The van der Waals surface area contributed by atoms with Gasteiger partial charge in [-0.2, -0.15) is 0 Å². The molecule has 1 aromatic heterocycles. The van der Waals surface area contributed by atoms with Crippen molar-refractivity contribution in [1.29, 1.82) is 0 Å². The van der Waals surface area contributed by atoms with E-state index in [-0.39, 0.29) is 11.4 Å². The van der Waals surface area contributed by atoms with Crippen LogP contribution in [0.1, 0.15) is 19.6 Å². The summed E-state index contributed by atoms with van der Waals surface area (Å²) in [5, 5.41) is 9.66. The second-order valence-electron chi connectivity index (χ2n) is 4.53. The molecule has 19 heavy (non-hydrogen) atoms. The van der Waals surface area contributed by atoms with Gasteiger partial charge in [0.25, 0.3) is 0 Å². The molecule has 0 bridgehead atoms. The Morgan fingerprint density at radius 1 is 1.16 bits per heavy atom. The van der Waals surface area contributed by atoms with Crippen LogP contribution in [0.5, 0.6) is 0 Å². The van der Waals surface area contributed by atoms with Gasteiger partial charge in [0.1, 0.15) is 11.5 Å². The number of hydrogen-bond donors (Lipinski definition) is 1. The third-order valence-corrected chi connectivity index (χ3v) is 4.86. The third kappa shape index (κ3) is 4.13. The van der Waals surface area contributed by atoms with Gasteiger partial charge in [-0.1, -0.05) is 35.0 Å². The first-order chi connectivity index (χ1) is 9.06. The van der Waals surface area contributed by atoms with E-state index in [0.29, 0.717) is 0 Å². The Morgan fingerprint density at radius 2 is 1.84 bits per heavy atom. The summed E-state index contributed by atoms with van der Waals surface area (Å²) in [4.78, 5) is 0. The Balaban J connectivity index is 2.01. The molecule has 2 nitrogen and oxygen atoms in total. The highest BCUT2D eigenvalue weighted by Gasteiger charge is 2.11. The first-order valence-corrected chi connectivity index (χ1v) is 8.05. The minimum atomic E-state index is -0.300. The van der Waals surface area contributed by atoms with Crippen molar-refractivity contribution in [2.45, 2.75) is 31.0 Å². The van der Waals surface area contributed by atoms with Gasteiger partial charge in [-0.25, -0.2) is 0 Å². The normalized spacial score (nSPS) is 14.3. The zero-order chi connectivity index (χ0) is 13.8. The second kappa shape index (κ2) is 6.64. The second-order valence-corrected chi connectivity index (χ2v) is 6.81. The Morgan fingerprint density at radius 3 is 2.47 bits per heavy atom. The van der Waals surface area contributed by atoms with Crippen LogP contribution in [0.25, 0.3) is 11.3 Å². The Hall–Kier alpha value is -0.710. The van der Waals surface area contributed by atoms with Gasteiger partial charge in [-0.05, 0) is 31.2 Å². The van der Waals surface area contributed by atoms with Crippen molar-refractivity contribution in [3.05, 3.63) is 46.6 Å². The SMILES string of the molecule is CC(O)C(C)SCc1ccc(-c2ccc(Br)cc2)o1. The lowest BCUT2D eigenvalue weighted by Gasteiger charge is -2.12. The zero-order valence-corrected chi connectivity index (χ0v) is 13.4. The van der Waals surface area contributed by atoms with Crippen LogP contribution in [0.4, 0.5) is 0 Å². The Labute approximate surface area is 126 Å². The first-order valence-electron chi connectivity index (χ1n) is 6.20. The molecule has 1 aromatic carbocycles. The average Bonchev–Trinajstić information content (AvgIpc) is 2.85. The maximum atomic E-state index is 9.45. The molecule has 4 heteroatoms. The highest BCUT2D eigenvalue weighted by Crippen LogP contribution is 2.27. The zero-order valence-electron chi connectivity index (χ0n) is 11.0. The van der Waals surface area contributed by atoms with Gasteiger partial charge in [-0.3, -0.25) is 0 Å². The number of aliphatic hydroxyl groups is 1. The van der Waals surface area contributed by atoms with Gasteiger partial charge in [0.05, 0.1) is 11.9 Å². The molecule has 102 valence electrons. The molecule has 0 spiro atoms. The van der Waals surface area contributed by atoms with Gasteiger partial charge < -0.3 is 9.52 Å². The van der Waals surface area contributed by atoms with E-state index in [1.807, 2.05) is 50.2 Å². The Kier molecular flexibility index (Phi) is 5.13. The fourth-order valence-corrected chi connectivity index (χ4v) is 2.70. The number of furan rings is 1. The van der Waals surface area contributed by atoms with Crippen molar-refractivity contribution >= 4 is 27.7 Å². The number of rotatable bonds is 5. The molecule has 0 aliphatic carbocycles. The quantitative estimate of drug-likeness (QED) is 0.855. The standard InChI is InChI=1S/C15H17BrO2S/c1-10(17)11(2)19-9-14-7-8-15(18-14)12-3-5-13(16)6-4-12/h3-8,10-11,17H,9H2,1-2H3. The Bertz CT molecular complexity index is 519. The number of aliphatic hydroxyl groups excluding tert-OH is 1. The van der Waals surface area contributed by atoms with Crippen LogP contribution < -0.4 is 0 Å². The van der Waals surface area contributed by atoms with E-state index >= 15 is 0 Å². The van der Waals surface area contributed by atoms with Crippen molar-refractivity contribution in [1.82, 2.24) is 0 Å². The lowest BCUT2D eigenvalue weighted by atomic mass is 10.2. The summed E-state index contributed by atoms with van der Waals surface area (Å²) >= 11 is 5.12. The summed E-state index contributed by atoms with van der Waals surface area (Å²) in [5.74, 6) is 2.60. The molecule has 2 unspecified atom stereocenters. The molecule has 0 saturated heterocycles. The van der Waals surface area contributed by atoms with Gasteiger partial charge in [0.15, 0.2) is 0 Å². The summed E-state index contributed by atoms with van der Waals surface area (Å²) in [6.07, 6.45) is -0.300. The monoisotopic (exact) mass is 340 g/mol. The predicted octanol–water partition coefficient (Wildman–Crippen LogP) is 4.71. The maximum Gasteiger partial charge on any atom is 0.134 e. The van der Waals surface area contributed by atoms with E-state index in [2.05, 4.69) is 15.9 Å². The van der Waals surface area contributed by atoms with Crippen LogP contribution in [-0.4, -0.2) is 16.5 Å². The molecule has 2 rings (SSSR count). The first kappa shape index (κ1) is 14.7. The topological polar surface area (TPSA) is 33.4 Å². The summed E-state index contributed by atoms with van der Waals surface area (Å²) in [7, 11) is 0. The summed E-state index contributed by atoms with van der Waals surface area (Å²) in [6, 6.07) is 12.0. The lowest BCUT2D eigenvalue weighted by Crippen LogP contribution is -2.15. The average molecular weight is 341 g/mol. The molecule has 2 atom stereocenters. The molecular weight excluding hydrogens is 324 g/mol. The molecule has 0 radical (unpaired) electrons. The van der Waals surface area contributed by atoms with E-state index in [0.717, 1.165) is 27.3 Å². The number of halogens is 1. The van der Waals surface area contributed by atoms with Crippen molar-refractivity contribution in [2.24, 2.45) is 0 Å². The van der Waals surface area contributed by atoms with Gasteiger partial charge in [0, 0.05) is 15.3 Å². The van der Waals surface area contributed by atoms with E-state index in [1.54, 1.807) is 11.8 Å². The molecule has 0 saturated carbocycles. The van der Waals surface area contributed by atoms with Crippen molar-refractivity contribution in [2.75, 3.05) is 0 Å². The van der Waals surface area contributed by atoms with E-state index in [9.17, 15) is 5.11 Å². The molecule has 0 aliphatic heterocycles. The highest BCUT2D eigenvalue weighted by atomic mass is 79.9. The molecule has 2 aromatic rings. The minimum absolute atomic E-state index is 0.209. The van der Waals surface area contributed by atoms with Crippen LogP contribution in [0.2, 0.25) is 0 Å². The van der Waals surface area contributed by atoms with Crippen LogP contribution in [0.15, 0.2) is 45.3 Å². The van der Waals surface area contributed by atoms with Crippen LogP contribution in [-0.2, 0) is 5.75 Å². The predicted molar refractivity (Wildman–Crippen MR) is 84.3 cm³/mol. The number of thioether (sulfide) groups is 1. The molecule has 0 aliphatic rings. The van der Waals surface area contributed by atoms with E-state index in [4.69, 9.17) is 4.42 Å². The summed E-state index contributed by atoms with van der Waals surface area (Å²) in [6.45, 7) is 3.83. The van der Waals surface area contributed by atoms with Crippen molar-refractivity contribution in [3.63, 3.8) is 0 Å². The van der Waals surface area contributed by atoms with E-state index in [1.165, 1.54) is 0 Å². The molecule has 0 amide bonds. The number of benzene rings is 1. The van der Waals surface area contributed by atoms with Gasteiger partial charge in [0.2, 0.25) is 0 Å². The van der Waals surface area contributed by atoms with Crippen LogP contribution >= 0.6 is 27.7 Å². The van der Waals surface area contributed by atoms with Crippen molar-refractivity contribution in [3.8, 4) is 11.3 Å². The van der Waals surface area contributed by atoms with Crippen molar-refractivity contribution < 1.29 is 9.52 Å². The lowest BCUT2D eigenvalue weighted by molar-refractivity contribution is 0.196. The highest BCUT2D eigenvalue weighted by molar-refractivity contribution is 9.10. The summed E-state index contributed by atoms with van der Waals surface area (Å²) < 4.78 is 6.88. The smallest absolute Gasteiger partial charge is 0.134 e. The summed E-state index contributed by atoms with van der Waals surface area (Å²) in [5.41, 5.74) is 1.07. The van der Waals surface area contributed by atoms with Gasteiger partial charge >= 0.3 is 0 Å². The molecule has 0 fully saturated rings. The minimum Gasteiger partial charge on any atom is -0.460 e. The van der Waals surface area contributed by atoms with E-state index < -0.39 is 0 Å². The molecular formula is C15H17BrO2S. The van der Waals surface area contributed by atoms with Crippen LogP contribution in [0, 0.1) is 0 Å². The molecule has 1 heterocycles. The largest absolute Gasteiger partial charge is 0.460 e. The van der Waals surface area contributed by atoms with Crippen LogP contribution in [0.3, 0.4) is 0 Å². The fraction of sp³-hybridized carbons (Fsp3) is 0.333. The number of hydrogen-bond acceptors (Lipinski definition) is 3. The molecule has 1 N–H and O–H groups in total. The van der Waals surface area contributed by atoms with Gasteiger partial charge in [-0.15, -0.1) is 11.8 Å². The third-order valence-electron chi connectivity index (χ3n) is 2.96. The fourth-order valence-electron chi connectivity index (χ4n) is 1.58.